The van der Waals surface area contributed by atoms with Crippen molar-refractivity contribution in [2.45, 2.75) is 11.8 Å². The number of benzene rings is 1. The molecule has 0 bridgehead atoms. The monoisotopic (exact) mass is 358 g/mol. The molecular weight excluding hydrogens is 336 g/mol. The molecular formula is C18H22N4O2S. The first-order valence-corrected chi connectivity index (χ1v) is 9.52. The predicted molar refractivity (Wildman–Crippen MR) is 95.6 cm³/mol. The van der Waals surface area contributed by atoms with E-state index in [4.69, 9.17) is 0 Å². The molecule has 0 aliphatic carbocycles. The molecule has 1 N–H and O–H groups in total. The predicted octanol–water partition coefficient (Wildman–Crippen LogP) is 1.25. The molecule has 2 saturated heterocycles. The van der Waals surface area contributed by atoms with Crippen LogP contribution in [0.25, 0.3) is 0 Å². The first kappa shape index (κ1) is 16.6. The van der Waals surface area contributed by atoms with Crippen LogP contribution in [0.3, 0.4) is 0 Å². The summed E-state index contributed by atoms with van der Waals surface area (Å²) in [7, 11) is 0. The zero-order chi connectivity index (χ0) is 17.3. The zero-order valence-electron chi connectivity index (χ0n) is 14.0. The first-order chi connectivity index (χ1) is 12.2. The van der Waals surface area contributed by atoms with E-state index in [9.17, 15) is 9.90 Å². The van der Waals surface area contributed by atoms with Crippen LogP contribution < -0.4 is 0 Å². The Bertz CT molecular complexity index is 724. The molecule has 2 aliphatic heterocycles. The van der Waals surface area contributed by atoms with Gasteiger partial charge >= 0.3 is 0 Å². The number of carbonyl (C=O) groups excluding carboxylic acids is 1. The van der Waals surface area contributed by atoms with Gasteiger partial charge in [-0.1, -0.05) is 34.8 Å². The van der Waals surface area contributed by atoms with Crippen molar-refractivity contribution in [2.24, 2.45) is 5.92 Å². The van der Waals surface area contributed by atoms with E-state index >= 15 is 0 Å². The van der Waals surface area contributed by atoms with E-state index in [0.29, 0.717) is 18.2 Å². The van der Waals surface area contributed by atoms with E-state index in [1.165, 1.54) is 17.1 Å². The maximum absolute atomic E-state index is 12.7. The second-order valence-electron chi connectivity index (χ2n) is 6.97. The molecule has 4 rings (SSSR count). The van der Waals surface area contributed by atoms with Crippen molar-refractivity contribution in [1.82, 2.24) is 19.4 Å². The smallest absolute Gasteiger partial charge is 0.275 e. The summed E-state index contributed by atoms with van der Waals surface area (Å²) in [5.41, 5.74) is 1.86. The normalized spacial score (nSPS) is 26.6. The maximum atomic E-state index is 12.7. The first-order valence-electron chi connectivity index (χ1n) is 8.68. The summed E-state index contributed by atoms with van der Waals surface area (Å²) in [4.78, 5) is 16.9. The highest BCUT2D eigenvalue weighted by molar-refractivity contribution is 7.03. The third kappa shape index (κ3) is 2.96. The molecule has 0 saturated carbocycles. The summed E-state index contributed by atoms with van der Waals surface area (Å²) < 4.78 is 3.81. The minimum atomic E-state index is -0.0176. The van der Waals surface area contributed by atoms with Gasteiger partial charge in [-0.3, -0.25) is 9.69 Å². The Labute approximate surface area is 151 Å². The summed E-state index contributed by atoms with van der Waals surface area (Å²) >= 11 is 1.21. The van der Waals surface area contributed by atoms with Crippen LogP contribution in [0, 0.1) is 5.92 Å². The Kier molecular flexibility index (Phi) is 4.54. The molecule has 0 spiro atoms. The van der Waals surface area contributed by atoms with Gasteiger partial charge in [-0.15, -0.1) is 5.10 Å². The maximum Gasteiger partial charge on any atom is 0.275 e. The van der Waals surface area contributed by atoms with Gasteiger partial charge in [0.15, 0.2) is 5.69 Å². The molecule has 3 heterocycles. The molecule has 132 valence electrons. The Balaban J connectivity index is 1.60. The molecule has 2 atom stereocenters. The fourth-order valence-electron chi connectivity index (χ4n) is 4.44. The highest BCUT2D eigenvalue weighted by Crippen LogP contribution is 2.45. The van der Waals surface area contributed by atoms with Crippen molar-refractivity contribution in [3.05, 3.63) is 47.0 Å². The number of amides is 1. The summed E-state index contributed by atoms with van der Waals surface area (Å²) in [6, 6.07) is 10.6. The average Bonchev–Trinajstić information content (AvgIpc) is 3.29. The number of fused-ring (bicyclic) bond motifs is 1. The number of likely N-dealkylation sites (tertiary alicyclic amines) is 2. The number of aliphatic hydroxyl groups is 1. The van der Waals surface area contributed by atoms with Crippen LogP contribution in [-0.4, -0.2) is 69.7 Å². The van der Waals surface area contributed by atoms with Crippen LogP contribution in [0.2, 0.25) is 0 Å². The number of aliphatic hydroxyl groups excluding tert-OH is 1. The minimum Gasteiger partial charge on any atom is -0.395 e. The van der Waals surface area contributed by atoms with E-state index in [1.807, 2.05) is 11.0 Å². The van der Waals surface area contributed by atoms with Gasteiger partial charge in [0.05, 0.1) is 6.61 Å². The van der Waals surface area contributed by atoms with Crippen LogP contribution in [0.4, 0.5) is 0 Å². The lowest BCUT2D eigenvalue weighted by molar-refractivity contribution is 0.0597. The lowest BCUT2D eigenvalue weighted by Crippen LogP contribution is -2.51. The third-order valence-corrected chi connectivity index (χ3v) is 6.17. The molecule has 2 aromatic rings. The topological polar surface area (TPSA) is 69.6 Å². The highest BCUT2D eigenvalue weighted by Gasteiger charge is 2.50. The standard InChI is InChI=1S/C18H22N4O2S/c23-9-8-21-10-15-11-22(17(24)16-12-25-20-19-16)7-6-18(15,13-21)14-4-2-1-3-5-14/h1-5,12,15,23H,6-11,13H2/t15-,18-/m0/s1. The van der Waals surface area contributed by atoms with Crippen molar-refractivity contribution < 1.29 is 9.90 Å². The number of hydrogen-bond donors (Lipinski definition) is 1. The number of nitrogens with zero attached hydrogens (tertiary/aromatic N) is 4. The van der Waals surface area contributed by atoms with Crippen molar-refractivity contribution in [3.8, 4) is 0 Å². The molecule has 7 heteroatoms. The lowest BCUT2D eigenvalue weighted by atomic mass is 9.68. The number of rotatable bonds is 4. The Hall–Kier alpha value is -1.83. The third-order valence-electron chi connectivity index (χ3n) is 5.67. The van der Waals surface area contributed by atoms with E-state index < -0.39 is 0 Å². The van der Waals surface area contributed by atoms with Crippen molar-refractivity contribution >= 4 is 17.4 Å². The summed E-state index contributed by atoms with van der Waals surface area (Å²) in [5.74, 6) is 0.349. The quantitative estimate of drug-likeness (QED) is 0.891. The number of β-amino-alcohol motifs (C(OH)–C–C–N with tert-alkyl or cyclic N) is 1. The fraction of sp³-hybridized carbons (Fsp3) is 0.500. The summed E-state index contributed by atoms with van der Waals surface area (Å²) in [6.07, 6.45) is 0.937. The molecule has 0 radical (unpaired) electrons. The molecule has 2 aliphatic rings. The minimum absolute atomic E-state index is 0.0176. The molecule has 1 aromatic carbocycles. The lowest BCUT2D eigenvalue weighted by Gasteiger charge is -2.44. The average molecular weight is 358 g/mol. The van der Waals surface area contributed by atoms with Crippen molar-refractivity contribution in [2.75, 3.05) is 39.3 Å². The van der Waals surface area contributed by atoms with Crippen LogP contribution in [0.5, 0.6) is 0 Å². The SMILES string of the molecule is O=C(c1csnn1)N1CC[C@@]2(c3ccccc3)CN(CCO)C[C@H]2C1. The number of carbonyl (C=O) groups is 1. The zero-order valence-corrected chi connectivity index (χ0v) is 14.9. The van der Waals surface area contributed by atoms with Gasteiger partial charge in [0.2, 0.25) is 0 Å². The van der Waals surface area contributed by atoms with E-state index in [-0.39, 0.29) is 17.9 Å². The highest BCUT2D eigenvalue weighted by atomic mass is 32.1. The van der Waals surface area contributed by atoms with Gasteiger partial charge in [-0.2, -0.15) is 0 Å². The van der Waals surface area contributed by atoms with Gasteiger partial charge in [-0.25, -0.2) is 0 Å². The summed E-state index contributed by atoms with van der Waals surface area (Å²) in [6.45, 7) is 4.18. The van der Waals surface area contributed by atoms with Crippen LogP contribution >= 0.6 is 11.5 Å². The second-order valence-corrected chi connectivity index (χ2v) is 7.58. The molecule has 25 heavy (non-hydrogen) atoms. The molecule has 1 amide bonds. The Morgan fingerprint density at radius 2 is 2.16 bits per heavy atom. The second kappa shape index (κ2) is 6.82. The van der Waals surface area contributed by atoms with Gasteiger partial charge in [-0.05, 0) is 23.5 Å². The Morgan fingerprint density at radius 1 is 1.32 bits per heavy atom. The van der Waals surface area contributed by atoms with Crippen molar-refractivity contribution in [3.63, 3.8) is 0 Å². The number of hydrogen-bond acceptors (Lipinski definition) is 6. The fourth-order valence-corrected chi connectivity index (χ4v) is 4.87. The van der Waals surface area contributed by atoms with Gasteiger partial charge in [0.1, 0.15) is 0 Å². The van der Waals surface area contributed by atoms with Gasteiger partial charge < -0.3 is 10.0 Å². The number of aromatic nitrogens is 2. The molecule has 0 unspecified atom stereocenters. The summed E-state index contributed by atoms with van der Waals surface area (Å²) in [5, 5.41) is 15.0. The van der Waals surface area contributed by atoms with Crippen LogP contribution in [-0.2, 0) is 5.41 Å². The van der Waals surface area contributed by atoms with Gasteiger partial charge in [0, 0.05) is 49.4 Å². The largest absolute Gasteiger partial charge is 0.395 e. The Morgan fingerprint density at radius 3 is 2.88 bits per heavy atom. The van der Waals surface area contributed by atoms with Crippen LogP contribution in [0.1, 0.15) is 22.5 Å². The van der Waals surface area contributed by atoms with Gasteiger partial charge in [0.25, 0.3) is 5.91 Å². The molecule has 6 nitrogen and oxygen atoms in total. The molecule has 1 aromatic heterocycles. The van der Waals surface area contributed by atoms with E-state index in [2.05, 4.69) is 38.8 Å². The van der Waals surface area contributed by atoms with E-state index in [1.54, 1.807) is 5.38 Å². The van der Waals surface area contributed by atoms with Crippen LogP contribution in [0.15, 0.2) is 35.7 Å². The molecule has 2 fully saturated rings. The van der Waals surface area contributed by atoms with Crippen molar-refractivity contribution in [1.29, 1.82) is 0 Å². The number of piperidine rings is 1. The van der Waals surface area contributed by atoms with E-state index in [0.717, 1.165) is 32.6 Å².